The van der Waals surface area contributed by atoms with Crippen molar-refractivity contribution >= 4 is 23.1 Å². The number of rotatable bonds is 0. The van der Waals surface area contributed by atoms with Crippen molar-refractivity contribution in [2.75, 3.05) is 6.54 Å². The second kappa shape index (κ2) is 4.34. The third-order valence-electron chi connectivity index (χ3n) is 3.75. The van der Waals surface area contributed by atoms with Crippen LogP contribution >= 0.6 is 11.6 Å². The maximum absolute atomic E-state index is 6.26. The minimum Gasteiger partial charge on any atom is -0.356 e. The van der Waals surface area contributed by atoms with Crippen molar-refractivity contribution in [3.05, 3.63) is 28.3 Å². The van der Waals surface area contributed by atoms with Crippen LogP contribution in [0.2, 0.25) is 5.02 Å². The average molecular weight is 249 g/mol. The number of halogens is 1. The van der Waals surface area contributed by atoms with Crippen LogP contribution in [0.15, 0.2) is 17.1 Å². The highest BCUT2D eigenvalue weighted by Gasteiger charge is 2.23. The van der Waals surface area contributed by atoms with E-state index in [0.717, 1.165) is 30.2 Å². The zero-order valence-electron chi connectivity index (χ0n) is 10.2. The summed E-state index contributed by atoms with van der Waals surface area (Å²) in [5.41, 5.74) is 3.62. The van der Waals surface area contributed by atoms with Crippen molar-refractivity contribution in [1.82, 2.24) is 4.90 Å². The predicted octanol–water partition coefficient (Wildman–Crippen LogP) is 4.07. The molecule has 0 N–H and O–H groups in total. The molecular weight excluding hydrogens is 232 g/mol. The number of aryl methyl sites for hydroxylation is 1. The molecule has 0 unspecified atom stereocenters. The number of benzene rings is 1. The van der Waals surface area contributed by atoms with Gasteiger partial charge in [0.1, 0.15) is 5.84 Å². The number of aliphatic imine (C=N–C) groups is 1. The quantitative estimate of drug-likeness (QED) is 0.676. The highest BCUT2D eigenvalue weighted by molar-refractivity contribution is 6.33. The Balaban J connectivity index is 2.08. The molecule has 3 rings (SSSR count). The topological polar surface area (TPSA) is 15.6 Å². The number of amidine groups is 1. The standard InChI is InChI=1S/C14H17ClN2/c1-10-6-7-12(15)14-11(10)9-17-8-4-2-3-5-13(17)16-14/h6-7H,2-5,8-9H2,1H3. The van der Waals surface area contributed by atoms with Crippen molar-refractivity contribution in [3.63, 3.8) is 0 Å². The van der Waals surface area contributed by atoms with Crippen LogP contribution in [-0.4, -0.2) is 17.3 Å². The van der Waals surface area contributed by atoms with Crippen molar-refractivity contribution in [1.29, 1.82) is 0 Å². The van der Waals surface area contributed by atoms with Gasteiger partial charge in [-0.1, -0.05) is 24.1 Å². The SMILES string of the molecule is Cc1ccc(Cl)c2c1CN1CCCCCC1=N2. The molecule has 2 aliphatic heterocycles. The van der Waals surface area contributed by atoms with Crippen LogP contribution in [-0.2, 0) is 6.54 Å². The summed E-state index contributed by atoms with van der Waals surface area (Å²) in [7, 11) is 0. The first-order valence-corrected chi connectivity index (χ1v) is 6.74. The zero-order valence-corrected chi connectivity index (χ0v) is 10.9. The summed E-state index contributed by atoms with van der Waals surface area (Å²) in [4.78, 5) is 7.23. The molecule has 17 heavy (non-hydrogen) atoms. The van der Waals surface area contributed by atoms with Gasteiger partial charge in [-0.2, -0.15) is 0 Å². The minimum absolute atomic E-state index is 0.794. The maximum Gasteiger partial charge on any atom is 0.105 e. The number of hydrogen-bond donors (Lipinski definition) is 0. The minimum atomic E-state index is 0.794. The van der Waals surface area contributed by atoms with Crippen LogP contribution in [0.4, 0.5) is 5.69 Å². The van der Waals surface area contributed by atoms with E-state index >= 15 is 0 Å². The molecule has 1 aromatic carbocycles. The lowest BCUT2D eigenvalue weighted by atomic mass is 10.0. The smallest absolute Gasteiger partial charge is 0.105 e. The van der Waals surface area contributed by atoms with Gasteiger partial charge in [0.2, 0.25) is 0 Å². The van der Waals surface area contributed by atoms with Gasteiger partial charge in [-0.3, -0.25) is 0 Å². The second-order valence-electron chi connectivity index (χ2n) is 4.95. The molecule has 0 amide bonds. The summed E-state index contributed by atoms with van der Waals surface area (Å²) >= 11 is 6.26. The molecule has 1 saturated heterocycles. The van der Waals surface area contributed by atoms with Crippen LogP contribution < -0.4 is 0 Å². The summed E-state index contributed by atoms with van der Waals surface area (Å²) in [6.45, 7) is 4.28. The molecule has 2 aliphatic rings. The first-order valence-electron chi connectivity index (χ1n) is 6.36. The Labute approximate surface area is 107 Å². The summed E-state index contributed by atoms with van der Waals surface area (Å²) in [5, 5.41) is 0.794. The summed E-state index contributed by atoms with van der Waals surface area (Å²) < 4.78 is 0. The second-order valence-corrected chi connectivity index (χ2v) is 5.36. The van der Waals surface area contributed by atoms with Gasteiger partial charge in [0.25, 0.3) is 0 Å². The maximum atomic E-state index is 6.26. The fraction of sp³-hybridized carbons (Fsp3) is 0.500. The van der Waals surface area contributed by atoms with Crippen molar-refractivity contribution in [2.45, 2.75) is 39.2 Å². The van der Waals surface area contributed by atoms with Crippen molar-refractivity contribution in [2.24, 2.45) is 4.99 Å². The molecule has 0 saturated carbocycles. The largest absolute Gasteiger partial charge is 0.356 e. The van der Waals surface area contributed by atoms with Crippen molar-refractivity contribution in [3.8, 4) is 0 Å². The lowest BCUT2D eigenvalue weighted by Crippen LogP contribution is -2.32. The van der Waals surface area contributed by atoms with Crippen LogP contribution in [0.25, 0.3) is 0 Å². The van der Waals surface area contributed by atoms with Gasteiger partial charge in [0, 0.05) is 25.1 Å². The first-order chi connectivity index (χ1) is 8.25. The molecule has 2 heterocycles. The summed E-state index contributed by atoms with van der Waals surface area (Å²) in [6, 6.07) is 4.06. The van der Waals surface area contributed by atoms with E-state index in [1.54, 1.807) is 0 Å². The fourth-order valence-corrected chi connectivity index (χ4v) is 2.91. The third kappa shape index (κ3) is 1.95. The molecule has 0 atom stereocenters. The molecule has 3 heteroatoms. The Morgan fingerprint density at radius 2 is 2.12 bits per heavy atom. The number of nitrogens with zero attached hydrogens (tertiary/aromatic N) is 2. The fourth-order valence-electron chi connectivity index (χ4n) is 2.70. The third-order valence-corrected chi connectivity index (χ3v) is 4.06. The normalized spacial score (nSPS) is 19.2. The molecule has 90 valence electrons. The average Bonchev–Trinajstić information content (AvgIpc) is 2.57. The Bertz CT molecular complexity index is 479. The highest BCUT2D eigenvalue weighted by Crippen LogP contribution is 2.36. The summed E-state index contributed by atoms with van der Waals surface area (Å²) in [6.07, 6.45) is 4.96. The molecule has 0 radical (unpaired) electrons. The van der Waals surface area contributed by atoms with E-state index in [1.807, 2.05) is 6.07 Å². The van der Waals surface area contributed by atoms with Crippen molar-refractivity contribution < 1.29 is 0 Å². The Morgan fingerprint density at radius 1 is 1.24 bits per heavy atom. The van der Waals surface area contributed by atoms with E-state index in [1.165, 1.54) is 36.2 Å². The van der Waals surface area contributed by atoms with Gasteiger partial charge in [0.05, 0.1) is 10.7 Å². The monoisotopic (exact) mass is 248 g/mol. The zero-order chi connectivity index (χ0) is 11.8. The molecular formula is C14H17ClN2. The lowest BCUT2D eigenvalue weighted by Gasteiger charge is -2.30. The predicted molar refractivity (Wildman–Crippen MR) is 72.2 cm³/mol. The highest BCUT2D eigenvalue weighted by atomic mass is 35.5. The van der Waals surface area contributed by atoms with Gasteiger partial charge in [0.15, 0.2) is 0 Å². The van der Waals surface area contributed by atoms with E-state index in [4.69, 9.17) is 16.6 Å². The van der Waals surface area contributed by atoms with E-state index < -0.39 is 0 Å². The van der Waals surface area contributed by atoms with E-state index in [0.29, 0.717) is 0 Å². The van der Waals surface area contributed by atoms with E-state index in [9.17, 15) is 0 Å². The van der Waals surface area contributed by atoms with Crippen LogP contribution in [0.1, 0.15) is 36.8 Å². The van der Waals surface area contributed by atoms with Gasteiger partial charge in [-0.25, -0.2) is 4.99 Å². The summed E-state index contributed by atoms with van der Waals surface area (Å²) in [5.74, 6) is 1.24. The van der Waals surface area contributed by atoms with Crippen LogP contribution in [0.5, 0.6) is 0 Å². The van der Waals surface area contributed by atoms with Crippen LogP contribution in [0.3, 0.4) is 0 Å². The first kappa shape index (κ1) is 11.1. The molecule has 0 bridgehead atoms. The van der Waals surface area contributed by atoms with Gasteiger partial charge < -0.3 is 4.90 Å². The molecule has 0 spiro atoms. The lowest BCUT2D eigenvalue weighted by molar-refractivity contribution is 0.402. The van der Waals surface area contributed by atoms with Crippen LogP contribution in [0, 0.1) is 6.92 Å². The van der Waals surface area contributed by atoms with E-state index in [-0.39, 0.29) is 0 Å². The molecule has 0 aromatic heterocycles. The molecule has 2 nitrogen and oxygen atoms in total. The van der Waals surface area contributed by atoms with Gasteiger partial charge in [-0.05, 0) is 31.4 Å². The molecule has 0 aliphatic carbocycles. The van der Waals surface area contributed by atoms with Gasteiger partial charge >= 0.3 is 0 Å². The Kier molecular flexibility index (Phi) is 2.83. The number of hydrogen-bond acceptors (Lipinski definition) is 2. The van der Waals surface area contributed by atoms with E-state index in [2.05, 4.69) is 17.9 Å². The molecule has 1 fully saturated rings. The molecule has 1 aromatic rings. The Morgan fingerprint density at radius 3 is 3.00 bits per heavy atom. The van der Waals surface area contributed by atoms with Gasteiger partial charge in [-0.15, -0.1) is 0 Å². The number of fused-ring (bicyclic) bond motifs is 2. The Hall–Kier alpha value is -1.02.